The zero-order valence-corrected chi connectivity index (χ0v) is 11.9. The van der Waals surface area contributed by atoms with E-state index >= 15 is 0 Å². The van der Waals surface area contributed by atoms with Gasteiger partial charge in [0.05, 0.1) is 0 Å². The predicted octanol–water partition coefficient (Wildman–Crippen LogP) is 3.00. The Labute approximate surface area is 114 Å². The first-order chi connectivity index (χ1) is 8.21. The Hall–Kier alpha value is -0.660. The van der Waals surface area contributed by atoms with Crippen molar-refractivity contribution in [2.75, 3.05) is 9.74 Å². The zero-order chi connectivity index (χ0) is 12.7. The summed E-state index contributed by atoms with van der Waals surface area (Å²) in [7, 11) is 0. The van der Waals surface area contributed by atoms with Crippen LogP contribution >= 0.6 is 22.6 Å². The van der Waals surface area contributed by atoms with Crippen LogP contribution in [0.5, 0.6) is 0 Å². The summed E-state index contributed by atoms with van der Waals surface area (Å²) in [6.45, 7) is 2.18. The van der Waals surface area contributed by atoms with E-state index in [0.29, 0.717) is 6.42 Å². The van der Waals surface area contributed by atoms with Gasteiger partial charge >= 0.3 is 0 Å². The van der Waals surface area contributed by atoms with Crippen molar-refractivity contribution in [3.05, 3.63) is 29.3 Å². The molecule has 0 spiro atoms. The lowest BCUT2D eigenvalue weighted by Crippen LogP contribution is -2.13. The highest BCUT2D eigenvalue weighted by molar-refractivity contribution is 14.1. The number of carbonyl (C=O) groups is 1. The first-order valence-corrected chi connectivity index (χ1v) is 6.97. The lowest BCUT2D eigenvalue weighted by Gasteiger charge is -2.11. The van der Waals surface area contributed by atoms with Gasteiger partial charge < -0.3 is 5.32 Å². The number of nitrogens with one attached hydrogen (secondary N) is 1. The molecule has 0 fully saturated rings. The first kappa shape index (κ1) is 14.4. The Kier molecular flexibility index (Phi) is 6.46. The molecule has 1 amide bonds. The highest BCUT2D eigenvalue weighted by Gasteiger charge is 2.06. The standard InChI is InChI=1S/C12H16INO3/c1-2-10-7-9(8-17-16)3-4-11(10)14-12(15)5-6-13/h3-4,7,16H,2,5-6,8H2,1H3,(H,14,15). The van der Waals surface area contributed by atoms with Crippen LogP contribution in [0.15, 0.2) is 18.2 Å². The molecule has 0 bridgehead atoms. The maximum absolute atomic E-state index is 11.5. The predicted molar refractivity (Wildman–Crippen MR) is 75.4 cm³/mol. The van der Waals surface area contributed by atoms with E-state index in [1.807, 2.05) is 25.1 Å². The molecule has 94 valence electrons. The normalized spacial score (nSPS) is 10.3. The fourth-order valence-electron chi connectivity index (χ4n) is 1.52. The van der Waals surface area contributed by atoms with Crippen LogP contribution in [0.3, 0.4) is 0 Å². The van der Waals surface area contributed by atoms with Crippen molar-refractivity contribution in [2.24, 2.45) is 0 Å². The summed E-state index contributed by atoms with van der Waals surface area (Å²) >= 11 is 2.17. The topological polar surface area (TPSA) is 58.6 Å². The Morgan fingerprint density at radius 2 is 2.29 bits per heavy atom. The van der Waals surface area contributed by atoms with Gasteiger partial charge in [-0.1, -0.05) is 41.6 Å². The number of rotatable bonds is 6. The third-order valence-corrected chi connectivity index (χ3v) is 2.92. The maximum Gasteiger partial charge on any atom is 0.225 e. The van der Waals surface area contributed by atoms with Gasteiger partial charge in [0, 0.05) is 16.5 Å². The molecule has 0 aliphatic rings. The van der Waals surface area contributed by atoms with E-state index in [2.05, 4.69) is 32.8 Å². The Bertz CT molecular complexity index is 382. The van der Waals surface area contributed by atoms with Crippen molar-refractivity contribution >= 4 is 34.2 Å². The molecule has 0 radical (unpaired) electrons. The molecule has 1 aromatic rings. The van der Waals surface area contributed by atoms with Gasteiger partial charge in [-0.05, 0) is 23.6 Å². The van der Waals surface area contributed by atoms with Gasteiger partial charge in [0.2, 0.25) is 5.91 Å². The summed E-state index contributed by atoms with van der Waals surface area (Å²) in [6, 6.07) is 5.60. The molecule has 2 N–H and O–H groups in total. The van der Waals surface area contributed by atoms with Crippen LogP contribution in [0, 0.1) is 0 Å². The molecule has 4 nitrogen and oxygen atoms in total. The van der Waals surface area contributed by atoms with Crippen molar-refractivity contribution in [1.29, 1.82) is 0 Å². The average molecular weight is 349 g/mol. The first-order valence-electron chi connectivity index (χ1n) is 5.45. The Morgan fingerprint density at radius 1 is 1.53 bits per heavy atom. The number of amides is 1. The monoisotopic (exact) mass is 349 g/mol. The van der Waals surface area contributed by atoms with E-state index in [0.717, 1.165) is 27.7 Å². The van der Waals surface area contributed by atoms with Gasteiger partial charge in [-0.3, -0.25) is 10.1 Å². The van der Waals surface area contributed by atoms with Crippen LogP contribution in [0.4, 0.5) is 5.69 Å². The minimum Gasteiger partial charge on any atom is -0.326 e. The van der Waals surface area contributed by atoms with E-state index in [-0.39, 0.29) is 12.5 Å². The lowest BCUT2D eigenvalue weighted by atomic mass is 10.1. The van der Waals surface area contributed by atoms with Crippen molar-refractivity contribution in [3.8, 4) is 0 Å². The molecular formula is C12H16INO3. The van der Waals surface area contributed by atoms with Crippen LogP contribution < -0.4 is 5.32 Å². The number of hydrogen-bond acceptors (Lipinski definition) is 3. The van der Waals surface area contributed by atoms with Crippen LogP contribution in [0.1, 0.15) is 24.5 Å². The molecular weight excluding hydrogens is 333 g/mol. The SMILES string of the molecule is CCc1cc(COO)ccc1NC(=O)CCI. The van der Waals surface area contributed by atoms with Crippen LogP contribution in [0.25, 0.3) is 0 Å². The molecule has 17 heavy (non-hydrogen) atoms. The number of hydrogen-bond donors (Lipinski definition) is 2. The lowest BCUT2D eigenvalue weighted by molar-refractivity contribution is -0.253. The number of carbonyl (C=O) groups excluding carboxylic acids is 1. The highest BCUT2D eigenvalue weighted by atomic mass is 127. The minimum atomic E-state index is 0.0280. The molecule has 0 saturated heterocycles. The molecule has 1 aromatic carbocycles. The molecule has 0 atom stereocenters. The number of aryl methyl sites for hydroxylation is 1. The summed E-state index contributed by atoms with van der Waals surface area (Å²) < 4.78 is 0.807. The second-order valence-corrected chi connectivity index (χ2v) is 4.68. The smallest absolute Gasteiger partial charge is 0.225 e. The van der Waals surface area contributed by atoms with E-state index < -0.39 is 0 Å². The van der Waals surface area contributed by atoms with Gasteiger partial charge in [0.1, 0.15) is 6.61 Å². The third-order valence-electron chi connectivity index (χ3n) is 2.38. The molecule has 5 heteroatoms. The second kappa shape index (κ2) is 7.62. The van der Waals surface area contributed by atoms with Crippen LogP contribution in [-0.4, -0.2) is 15.6 Å². The molecule has 1 rings (SSSR count). The Morgan fingerprint density at radius 3 is 2.88 bits per heavy atom. The van der Waals surface area contributed by atoms with E-state index in [9.17, 15) is 4.79 Å². The van der Waals surface area contributed by atoms with Crippen LogP contribution in [-0.2, 0) is 22.7 Å². The fraction of sp³-hybridized carbons (Fsp3) is 0.417. The number of halogens is 1. The summed E-state index contributed by atoms with van der Waals surface area (Å²) in [5.41, 5.74) is 2.77. The number of benzene rings is 1. The van der Waals surface area contributed by atoms with Crippen molar-refractivity contribution in [3.63, 3.8) is 0 Å². The summed E-state index contributed by atoms with van der Waals surface area (Å²) in [6.07, 6.45) is 1.34. The summed E-state index contributed by atoms with van der Waals surface area (Å²) in [5, 5.41) is 11.3. The van der Waals surface area contributed by atoms with Gasteiger partial charge in [0.15, 0.2) is 0 Å². The molecule has 0 saturated carbocycles. The van der Waals surface area contributed by atoms with Gasteiger partial charge in [-0.15, -0.1) is 0 Å². The van der Waals surface area contributed by atoms with E-state index in [4.69, 9.17) is 5.26 Å². The average Bonchev–Trinajstić information content (AvgIpc) is 2.31. The second-order valence-electron chi connectivity index (χ2n) is 3.61. The maximum atomic E-state index is 11.5. The van der Waals surface area contributed by atoms with Gasteiger partial charge in [-0.25, -0.2) is 4.89 Å². The number of anilines is 1. The number of alkyl halides is 1. The summed E-state index contributed by atoms with van der Waals surface area (Å²) in [5.74, 6) is 0.0280. The molecule has 0 heterocycles. The molecule has 0 unspecified atom stereocenters. The van der Waals surface area contributed by atoms with Crippen molar-refractivity contribution in [1.82, 2.24) is 0 Å². The van der Waals surface area contributed by atoms with Gasteiger partial charge in [-0.2, -0.15) is 0 Å². The molecule has 0 aromatic heterocycles. The van der Waals surface area contributed by atoms with Crippen LogP contribution in [0.2, 0.25) is 0 Å². The highest BCUT2D eigenvalue weighted by Crippen LogP contribution is 2.19. The van der Waals surface area contributed by atoms with E-state index in [1.54, 1.807) is 0 Å². The third kappa shape index (κ3) is 4.61. The zero-order valence-electron chi connectivity index (χ0n) is 9.70. The van der Waals surface area contributed by atoms with Crippen molar-refractivity contribution < 1.29 is 14.9 Å². The molecule has 0 aliphatic carbocycles. The molecule has 0 aliphatic heterocycles. The Balaban J connectivity index is 2.81. The summed E-state index contributed by atoms with van der Waals surface area (Å²) in [4.78, 5) is 15.6. The fourth-order valence-corrected chi connectivity index (χ4v) is 2.01. The van der Waals surface area contributed by atoms with Gasteiger partial charge in [0.25, 0.3) is 0 Å². The minimum absolute atomic E-state index is 0.0280. The van der Waals surface area contributed by atoms with E-state index in [1.165, 1.54) is 0 Å². The quantitative estimate of drug-likeness (QED) is 0.359. The largest absolute Gasteiger partial charge is 0.326 e. The van der Waals surface area contributed by atoms with Crippen molar-refractivity contribution in [2.45, 2.75) is 26.4 Å².